The van der Waals surface area contributed by atoms with Crippen molar-refractivity contribution in [3.63, 3.8) is 0 Å². The molecule has 55 heavy (non-hydrogen) atoms. The Hall–Kier alpha value is -1.46. The van der Waals surface area contributed by atoms with Gasteiger partial charge in [0.2, 0.25) is 0 Å². The lowest BCUT2D eigenvalue weighted by molar-refractivity contribution is -0.0324. The molecule has 322 valence electrons. The maximum absolute atomic E-state index is 5.80. The van der Waals surface area contributed by atoms with Gasteiger partial charge in [0.25, 0.3) is 0 Å². The summed E-state index contributed by atoms with van der Waals surface area (Å²) in [4.78, 5) is 0. The molecule has 0 bridgehead atoms. The molecule has 0 atom stereocenters. The number of hydrogen-bond donors (Lipinski definition) is 1. The molecule has 0 spiro atoms. The van der Waals surface area contributed by atoms with Gasteiger partial charge in [-0.1, -0.05) is 57.6 Å². The Morgan fingerprint density at radius 2 is 0.764 bits per heavy atom. The van der Waals surface area contributed by atoms with Gasteiger partial charge in [0.05, 0.1) is 145 Å². The van der Waals surface area contributed by atoms with Crippen molar-refractivity contribution in [2.75, 3.05) is 158 Å². The molecule has 1 aliphatic heterocycles. The third kappa shape index (κ3) is 34.3. The van der Waals surface area contributed by atoms with Gasteiger partial charge < -0.3 is 62.2 Å². The van der Waals surface area contributed by atoms with Crippen LogP contribution in [0.4, 0.5) is 0 Å². The number of nitrogens with one attached hydrogen (secondary N) is 1. The fraction of sp³-hybridized carbons (Fsp3) is 0.857. The second-order valence-electron chi connectivity index (χ2n) is 13.3. The van der Waals surface area contributed by atoms with E-state index in [1.165, 1.54) is 50.5 Å². The molecule has 1 aliphatic rings. The second kappa shape index (κ2) is 40.7. The van der Waals surface area contributed by atoms with E-state index in [0.29, 0.717) is 151 Å². The highest BCUT2D eigenvalue weighted by molar-refractivity contribution is 5.27. The first-order valence-electron chi connectivity index (χ1n) is 21.2. The quantitative estimate of drug-likeness (QED) is 0.0864. The lowest BCUT2D eigenvalue weighted by Gasteiger charge is -2.22. The number of rotatable bonds is 43. The van der Waals surface area contributed by atoms with Crippen LogP contribution in [0.5, 0.6) is 5.75 Å². The molecule has 13 nitrogen and oxygen atoms in total. The minimum Gasteiger partial charge on any atom is -0.491 e. The average Bonchev–Trinajstić information content (AvgIpc) is 3.21. The van der Waals surface area contributed by atoms with E-state index in [-0.39, 0.29) is 0 Å². The minimum absolute atomic E-state index is 0.371. The van der Waals surface area contributed by atoms with Gasteiger partial charge in [0.15, 0.2) is 0 Å². The van der Waals surface area contributed by atoms with Gasteiger partial charge in [-0.25, -0.2) is 0 Å². The van der Waals surface area contributed by atoms with E-state index in [1.54, 1.807) is 0 Å². The highest BCUT2D eigenvalue weighted by atomic mass is 16.6. The summed E-state index contributed by atoms with van der Waals surface area (Å²) in [6, 6.07) is 8.46. The van der Waals surface area contributed by atoms with Crippen LogP contribution in [0.2, 0.25) is 0 Å². The fourth-order valence-corrected chi connectivity index (χ4v) is 5.57. The van der Waals surface area contributed by atoms with Crippen LogP contribution in [-0.2, 0) is 58.5 Å². The standard InChI is InChI=1S/C42H77NO12/c1-2-3-4-5-6-7-8-9-40-10-12-41(13-11-40)54-38-36-52-34-32-50-30-28-48-26-24-46-22-20-44-18-19-45-21-23-47-25-27-49-29-31-51-33-35-53-37-39-55-42-14-16-43-17-15-42/h10-13,42-43H,2-9,14-39H2,1H3. The molecule has 1 aromatic rings. The Labute approximate surface area is 332 Å². The van der Waals surface area contributed by atoms with E-state index in [2.05, 4.69) is 36.5 Å². The summed E-state index contributed by atoms with van der Waals surface area (Å²) in [5.74, 6) is 0.888. The third-order valence-electron chi connectivity index (χ3n) is 8.70. The van der Waals surface area contributed by atoms with Crippen LogP contribution in [0.25, 0.3) is 0 Å². The average molecular weight is 788 g/mol. The van der Waals surface area contributed by atoms with Crippen LogP contribution in [-0.4, -0.2) is 165 Å². The Bertz CT molecular complexity index is 894. The molecule has 1 aromatic carbocycles. The number of unbranched alkanes of at least 4 members (excludes halogenated alkanes) is 6. The van der Waals surface area contributed by atoms with Gasteiger partial charge in [-0.2, -0.15) is 0 Å². The number of ether oxygens (including phenoxy) is 12. The van der Waals surface area contributed by atoms with Crippen molar-refractivity contribution in [2.24, 2.45) is 0 Å². The number of aryl methyl sites for hydroxylation is 1. The van der Waals surface area contributed by atoms with Crippen LogP contribution >= 0.6 is 0 Å². The van der Waals surface area contributed by atoms with Crippen molar-refractivity contribution in [1.82, 2.24) is 5.32 Å². The molecule has 0 aromatic heterocycles. The smallest absolute Gasteiger partial charge is 0.119 e. The molecule has 1 fully saturated rings. The number of benzene rings is 1. The molecule has 0 radical (unpaired) electrons. The normalized spacial score (nSPS) is 13.5. The highest BCUT2D eigenvalue weighted by Crippen LogP contribution is 2.15. The largest absolute Gasteiger partial charge is 0.491 e. The number of hydrogen-bond acceptors (Lipinski definition) is 13. The van der Waals surface area contributed by atoms with Crippen molar-refractivity contribution in [3.8, 4) is 5.75 Å². The molecular formula is C42H77NO12. The summed E-state index contributed by atoms with van der Waals surface area (Å²) in [7, 11) is 0. The first-order valence-corrected chi connectivity index (χ1v) is 21.2. The minimum atomic E-state index is 0.371. The van der Waals surface area contributed by atoms with Gasteiger partial charge in [0.1, 0.15) is 12.4 Å². The summed E-state index contributed by atoms with van der Waals surface area (Å²) in [6.07, 6.45) is 13.1. The fourth-order valence-electron chi connectivity index (χ4n) is 5.57. The summed E-state index contributed by atoms with van der Waals surface area (Å²) in [6.45, 7) is 16.1. The summed E-state index contributed by atoms with van der Waals surface area (Å²) in [5.41, 5.74) is 1.38. The summed E-state index contributed by atoms with van der Waals surface area (Å²) < 4.78 is 66.9. The topological polar surface area (TPSA) is 123 Å². The molecule has 2 rings (SSSR count). The Morgan fingerprint density at radius 1 is 0.418 bits per heavy atom. The van der Waals surface area contributed by atoms with Crippen LogP contribution in [0.1, 0.15) is 70.3 Å². The van der Waals surface area contributed by atoms with Crippen molar-refractivity contribution >= 4 is 0 Å². The zero-order chi connectivity index (χ0) is 38.8. The van der Waals surface area contributed by atoms with Crippen LogP contribution in [0.15, 0.2) is 24.3 Å². The van der Waals surface area contributed by atoms with Gasteiger partial charge >= 0.3 is 0 Å². The van der Waals surface area contributed by atoms with Gasteiger partial charge in [0, 0.05) is 0 Å². The Kier molecular flexibility index (Phi) is 36.8. The zero-order valence-corrected chi connectivity index (χ0v) is 34.3. The maximum atomic E-state index is 5.80. The molecular weight excluding hydrogens is 710 g/mol. The van der Waals surface area contributed by atoms with Gasteiger partial charge in [-0.15, -0.1) is 0 Å². The molecule has 13 heteroatoms. The van der Waals surface area contributed by atoms with Crippen LogP contribution < -0.4 is 10.1 Å². The zero-order valence-electron chi connectivity index (χ0n) is 34.3. The van der Waals surface area contributed by atoms with E-state index in [1.807, 2.05) is 0 Å². The molecule has 0 aliphatic carbocycles. The molecule has 0 unspecified atom stereocenters. The first-order chi connectivity index (χ1) is 27.4. The van der Waals surface area contributed by atoms with Crippen LogP contribution in [0.3, 0.4) is 0 Å². The predicted octanol–water partition coefficient (Wildman–Crippen LogP) is 5.29. The molecule has 1 saturated heterocycles. The Morgan fingerprint density at radius 3 is 1.16 bits per heavy atom. The lowest BCUT2D eigenvalue weighted by Crippen LogP contribution is -2.33. The molecule has 1 N–H and O–H groups in total. The first kappa shape index (κ1) is 49.7. The Balaban J connectivity index is 1.16. The van der Waals surface area contributed by atoms with E-state index >= 15 is 0 Å². The van der Waals surface area contributed by atoms with Gasteiger partial charge in [-0.3, -0.25) is 0 Å². The molecule has 0 saturated carbocycles. The van der Waals surface area contributed by atoms with Crippen molar-refractivity contribution in [1.29, 1.82) is 0 Å². The molecule has 1 heterocycles. The SMILES string of the molecule is CCCCCCCCCc1ccc(OCCOCCOCCOCCOCCOCCOCCOCCOCCOCCOCCOC2CCNCC2)cc1. The van der Waals surface area contributed by atoms with E-state index < -0.39 is 0 Å². The van der Waals surface area contributed by atoms with Crippen molar-refractivity contribution < 1.29 is 56.8 Å². The van der Waals surface area contributed by atoms with E-state index in [0.717, 1.165) is 38.1 Å². The van der Waals surface area contributed by atoms with E-state index in [9.17, 15) is 0 Å². The van der Waals surface area contributed by atoms with Gasteiger partial charge in [-0.05, 0) is 56.5 Å². The number of piperidine rings is 1. The molecule has 0 amide bonds. The van der Waals surface area contributed by atoms with Crippen molar-refractivity contribution in [3.05, 3.63) is 29.8 Å². The summed E-state index contributed by atoms with van der Waals surface area (Å²) >= 11 is 0. The summed E-state index contributed by atoms with van der Waals surface area (Å²) in [5, 5.41) is 3.33. The maximum Gasteiger partial charge on any atom is 0.119 e. The van der Waals surface area contributed by atoms with Crippen molar-refractivity contribution in [2.45, 2.75) is 77.2 Å². The second-order valence-corrected chi connectivity index (χ2v) is 13.3. The van der Waals surface area contributed by atoms with E-state index in [4.69, 9.17) is 56.8 Å². The monoisotopic (exact) mass is 788 g/mol. The predicted molar refractivity (Wildman–Crippen MR) is 214 cm³/mol. The highest BCUT2D eigenvalue weighted by Gasteiger charge is 2.12. The lowest BCUT2D eigenvalue weighted by atomic mass is 10.0. The van der Waals surface area contributed by atoms with Crippen LogP contribution in [0, 0.1) is 0 Å². The third-order valence-corrected chi connectivity index (χ3v) is 8.70.